The molecule has 2 aromatic rings. The number of hydrogen-bond donors (Lipinski definition) is 3. The zero-order chi connectivity index (χ0) is 18.5. The Morgan fingerprint density at radius 1 is 1.31 bits per heavy atom. The second kappa shape index (κ2) is 7.68. The third-order valence-electron chi connectivity index (χ3n) is 4.01. The van der Waals surface area contributed by atoms with Crippen molar-refractivity contribution in [2.45, 2.75) is 18.9 Å². The third kappa shape index (κ3) is 3.82. The van der Waals surface area contributed by atoms with Gasteiger partial charge in [0.15, 0.2) is 0 Å². The number of H-pyrrole nitrogens is 1. The molecule has 1 aromatic carbocycles. The van der Waals surface area contributed by atoms with Gasteiger partial charge >= 0.3 is 6.03 Å². The predicted octanol–water partition coefficient (Wildman–Crippen LogP) is 0.592. The van der Waals surface area contributed by atoms with Crippen molar-refractivity contribution in [3.05, 3.63) is 42.5 Å². The zero-order valence-electron chi connectivity index (χ0n) is 14.2. The van der Waals surface area contributed by atoms with Crippen molar-refractivity contribution in [2.24, 2.45) is 0 Å². The minimum absolute atomic E-state index is 0.111. The average Bonchev–Trinajstić information content (AvgIpc) is 3.24. The largest absolute Gasteiger partial charge is 0.497 e. The number of urea groups is 1. The molecule has 1 aliphatic rings. The van der Waals surface area contributed by atoms with Gasteiger partial charge in [-0.3, -0.25) is 9.59 Å². The topological polar surface area (TPSA) is 116 Å². The molecule has 1 saturated heterocycles. The Bertz CT molecular complexity index is 788. The maximum absolute atomic E-state index is 12.5. The standard InChI is InChI=1S/C17H19N5O4/c1-26-13-4-2-12(3-5-13)22-16(24)14(21-17(22)25)8-15(23)19-7-6-11-9-18-10-20-11/h2-5,9-10,14H,6-8H2,1H3,(H,18,20)(H,19,23)(H,21,25). The van der Waals surface area contributed by atoms with Gasteiger partial charge < -0.3 is 20.4 Å². The van der Waals surface area contributed by atoms with Crippen molar-refractivity contribution in [2.75, 3.05) is 18.6 Å². The van der Waals surface area contributed by atoms with Crippen LogP contribution in [-0.2, 0) is 16.0 Å². The normalized spacial score (nSPS) is 16.5. The molecule has 1 atom stereocenters. The summed E-state index contributed by atoms with van der Waals surface area (Å²) in [6.45, 7) is 0.415. The van der Waals surface area contributed by atoms with Crippen LogP contribution < -0.4 is 20.3 Å². The Morgan fingerprint density at radius 3 is 2.73 bits per heavy atom. The number of nitrogens with one attached hydrogen (secondary N) is 3. The number of rotatable bonds is 7. The number of amides is 4. The van der Waals surface area contributed by atoms with Crippen molar-refractivity contribution in [1.29, 1.82) is 0 Å². The highest BCUT2D eigenvalue weighted by molar-refractivity contribution is 6.22. The van der Waals surface area contributed by atoms with E-state index in [1.165, 1.54) is 7.11 Å². The van der Waals surface area contributed by atoms with Crippen molar-refractivity contribution < 1.29 is 19.1 Å². The minimum Gasteiger partial charge on any atom is -0.497 e. The minimum atomic E-state index is -0.878. The molecular formula is C17H19N5O4. The van der Waals surface area contributed by atoms with E-state index in [0.717, 1.165) is 10.6 Å². The van der Waals surface area contributed by atoms with Crippen LogP contribution in [0, 0.1) is 0 Å². The van der Waals surface area contributed by atoms with E-state index in [4.69, 9.17) is 4.74 Å². The van der Waals surface area contributed by atoms with Gasteiger partial charge in [0.25, 0.3) is 5.91 Å². The van der Waals surface area contributed by atoms with E-state index in [-0.39, 0.29) is 12.3 Å². The molecule has 0 radical (unpaired) electrons. The first-order chi connectivity index (χ1) is 12.6. The second-order valence-corrected chi connectivity index (χ2v) is 5.75. The van der Waals surface area contributed by atoms with E-state index < -0.39 is 18.0 Å². The number of anilines is 1. The molecule has 1 aromatic heterocycles. The Morgan fingerprint density at radius 2 is 2.08 bits per heavy atom. The molecular weight excluding hydrogens is 338 g/mol. The Kier molecular flexibility index (Phi) is 5.16. The van der Waals surface area contributed by atoms with Gasteiger partial charge in [0, 0.05) is 24.9 Å². The number of carbonyl (C=O) groups excluding carboxylic acids is 3. The molecule has 136 valence electrons. The highest BCUT2D eigenvalue weighted by Crippen LogP contribution is 2.23. The summed E-state index contributed by atoms with van der Waals surface area (Å²) < 4.78 is 5.06. The lowest BCUT2D eigenvalue weighted by Crippen LogP contribution is -2.37. The maximum atomic E-state index is 12.5. The number of aromatic amines is 1. The number of hydrogen-bond acceptors (Lipinski definition) is 5. The molecule has 3 rings (SSSR count). The van der Waals surface area contributed by atoms with Crippen LogP contribution in [0.4, 0.5) is 10.5 Å². The molecule has 0 saturated carbocycles. The summed E-state index contributed by atoms with van der Waals surface area (Å²) in [4.78, 5) is 44.5. The van der Waals surface area contributed by atoms with Gasteiger partial charge in [-0.05, 0) is 24.3 Å². The molecule has 0 bridgehead atoms. The van der Waals surface area contributed by atoms with Gasteiger partial charge in [-0.2, -0.15) is 0 Å². The van der Waals surface area contributed by atoms with Crippen molar-refractivity contribution in [3.63, 3.8) is 0 Å². The van der Waals surface area contributed by atoms with Gasteiger partial charge in [0.05, 0.1) is 25.5 Å². The molecule has 9 heteroatoms. The molecule has 26 heavy (non-hydrogen) atoms. The zero-order valence-corrected chi connectivity index (χ0v) is 14.2. The summed E-state index contributed by atoms with van der Waals surface area (Å²) in [5.41, 5.74) is 1.33. The van der Waals surface area contributed by atoms with E-state index in [2.05, 4.69) is 20.6 Å². The van der Waals surface area contributed by atoms with Crippen LogP contribution in [0.2, 0.25) is 0 Å². The highest BCUT2D eigenvalue weighted by Gasteiger charge is 2.39. The smallest absolute Gasteiger partial charge is 0.329 e. The molecule has 0 spiro atoms. The van der Waals surface area contributed by atoms with Crippen LogP contribution in [0.5, 0.6) is 5.75 Å². The Hall–Kier alpha value is -3.36. The number of nitrogens with zero attached hydrogens (tertiary/aromatic N) is 2. The monoisotopic (exact) mass is 357 g/mol. The first-order valence-electron chi connectivity index (χ1n) is 8.11. The molecule has 0 aliphatic carbocycles. The van der Waals surface area contributed by atoms with Crippen LogP contribution in [0.25, 0.3) is 0 Å². The van der Waals surface area contributed by atoms with Crippen LogP contribution in [0.15, 0.2) is 36.8 Å². The van der Waals surface area contributed by atoms with Crippen LogP contribution in [0.3, 0.4) is 0 Å². The number of carbonyl (C=O) groups is 3. The summed E-state index contributed by atoms with van der Waals surface area (Å²) in [6.07, 6.45) is 3.74. The fourth-order valence-corrected chi connectivity index (χ4v) is 2.66. The number of imide groups is 1. The fraction of sp³-hybridized carbons (Fsp3) is 0.294. The first kappa shape index (κ1) is 17.5. The van der Waals surface area contributed by atoms with Gasteiger partial charge in [-0.1, -0.05) is 0 Å². The van der Waals surface area contributed by atoms with Crippen molar-refractivity contribution in [3.8, 4) is 5.75 Å². The van der Waals surface area contributed by atoms with Gasteiger partial charge in [0.2, 0.25) is 5.91 Å². The molecule has 1 fully saturated rings. The Labute approximate surface area is 149 Å². The molecule has 4 amide bonds. The summed E-state index contributed by atoms with van der Waals surface area (Å²) in [6, 6.07) is 5.12. The average molecular weight is 357 g/mol. The SMILES string of the molecule is COc1ccc(N2C(=O)NC(CC(=O)NCCc3cnc[nH]3)C2=O)cc1. The highest BCUT2D eigenvalue weighted by atomic mass is 16.5. The van der Waals surface area contributed by atoms with Crippen molar-refractivity contribution in [1.82, 2.24) is 20.6 Å². The predicted molar refractivity (Wildman–Crippen MR) is 92.7 cm³/mol. The molecule has 2 heterocycles. The number of imidazole rings is 1. The number of methoxy groups -OCH3 is 1. The summed E-state index contributed by atoms with van der Waals surface area (Å²) in [5, 5.41) is 5.27. The lowest BCUT2D eigenvalue weighted by Gasteiger charge is -2.13. The van der Waals surface area contributed by atoms with E-state index in [1.54, 1.807) is 36.8 Å². The van der Waals surface area contributed by atoms with Crippen LogP contribution in [-0.4, -0.2) is 47.5 Å². The molecule has 3 N–H and O–H groups in total. The fourth-order valence-electron chi connectivity index (χ4n) is 2.66. The van der Waals surface area contributed by atoms with Gasteiger partial charge in [-0.15, -0.1) is 0 Å². The molecule has 1 unspecified atom stereocenters. The van der Waals surface area contributed by atoms with Crippen LogP contribution >= 0.6 is 0 Å². The second-order valence-electron chi connectivity index (χ2n) is 5.75. The molecule has 9 nitrogen and oxygen atoms in total. The number of aromatic nitrogens is 2. The first-order valence-corrected chi connectivity index (χ1v) is 8.11. The van der Waals surface area contributed by atoms with E-state index in [0.29, 0.717) is 24.4 Å². The number of ether oxygens (including phenoxy) is 1. The van der Waals surface area contributed by atoms with E-state index >= 15 is 0 Å². The summed E-state index contributed by atoms with van der Waals surface area (Å²) >= 11 is 0. The van der Waals surface area contributed by atoms with Crippen LogP contribution in [0.1, 0.15) is 12.1 Å². The van der Waals surface area contributed by atoms with E-state index in [9.17, 15) is 14.4 Å². The van der Waals surface area contributed by atoms with E-state index in [1.807, 2.05) is 0 Å². The number of benzene rings is 1. The molecule has 1 aliphatic heterocycles. The van der Waals surface area contributed by atoms with Crippen molar-refractivity contribution >= 4 is 23.5 Å². The van der Waals surface area contributed by atoms with Gasteiger partial charge in [-0.25, -0.2) is 14.7 Å². The lowest BCUT2D eigenvalue weighted by atomic mass is 10.2. The van der Waals surface area contributed by atoms with Gasteiger partial charge in [0.1, 0.15) is 11.8 Å². The lowest BCUT2D eigenvalue weighted by molar-refractivity contribution is -0.125. The summed E-state index contributed by atoms with van der Waals surface area (Å²) in [7, 11) is 1.53. The quantitative estimate of drug-likeness (QED) is 0.627. The Balaban J connectivity index is 1.55. The maximum Gasteiger partial charge on any atom is 0.329 e. The summed E-state index contributed by atoms with van der Waals surface area (Å²) in [5.74, 6) is -0.141. The third-order valence-corrected chi connectivity index (χ3v) is 4.01.